The maximum absolute atomic E-state index is 6.64. The molecule has 9 rings (SSSR count). The van der Waals surface area contributed by atoms with Crippen molar-refractivity contribution in [2.75, 3.05) is 0 Å². The minimum atomic E-state index is 0.481. The Kier molecular flexibility index (Phi) is 8.03. The van der Waals surface area contributed by atoms with Crippen molar-refractivity contribution in [1.82, 2.24) is 0 Å². The second kappa shape index (κ2) is 13.4. The van der Waals surface area contributed by atoms with E-state index in [-0.39, 0.29) is 0 Å². The van der Waals surface area contributed by atoms with Gasteiger partial charge in [-0.25, -0.2) is 9.98 Å². The second-order valence-corrected chi connectivity index (χ2v) is 12.8. The van der Waals surface area contributed by atoms with Gasteiger partial charge in [0.2, 0.25) is 0 Å². The zero-order valence-electron chi connectivity index (χ0n) is 28.4. The Morgan fingerprint density at radius 1 is 0.519 bits per heavy atom. The molecule has 1 heterocycles. The van der Waals surface area contributed by atoms with Gasteiger partial charge in [-0.05, 0) is 74.8 Å². The van der Waals surface area contributed by atoms with Gasteiger partial charge in [0, 0.05) is 27.5 Å². The molecule has 0 atom stereocenters. The van der Waals surface area contributed by atoms with Gasteiger partial charge in [0.05, 0.1) is 6.54 Å². The standard InChI is InChI=1S/C48H33N3O/c1-49-48(51-47(50-31-32-12-3-2-4-13-32)38-27-22-33-14-5-6-16-37(33)30-38)43-29-28-41(46-45(43)42-19-9-10-21-44(42)52-46)36-25-23-35(24-26-36)40-20-11-17-34-15-7-8-18-39(34)40/h2-30H,1,31H2. The fraction of sp³-hybridized carbons (Fsp3) is 0.0208. The summed E-state index contributed by atoms with van der Waals surface area (Å²) in [5, 5.41) is 6.68. The molecule has 9 aromatic rings. The molecule has 0 aliphatic heterocycles. The highest BCUT2D eigenvalue weighted by atomic mass is 16.3. The number of aliphatic imine (C=N–C) groups is 3. The van der Waals surface area contributed by atoms with E-state index in [0.29, 0.717) is 18.2 Å². The lowest BCUT2D eigenvalue weighted by Crippen LogP contribution is -2.06. The molecule has 4 nitrogen and oxygen atoms in total. The summed E-state index contributed by atoms with van der Waals surface area (Å²) >= 11 is 0. The largest absolute Gasteiger partial charge is 0.455 e. The van der Waals surface area contributed by atoms with Crippen LogP contribution in [0.25, 0.3) is 65.7 Å². The highest BCUT2D eigenvalue weighted by molar-refractivity contribution is 6.23. The van der Waals surface area contributed by atoms with Crippen LogP contribution in [0.5, 0.6) is 0 Å². The van der Waals surface area contributed by atoms with E-state index in [2.05, 4.69) is 139 Å². The summed E-state index contributed by atoms with van der Waals surface area (Å²) in [4.78, 5) is 14.7. The molecule has 8 aromatic carbocycles. The second-order valence-electron chi connectivity index (χ2n) is 12.8. The first kappa shape index (κ1) is 31.1. The van der Waals surface area contributed by atoms with Crippen LogP contribution in [-0.2, 0) is 6.54 Å². The van der Waals surface area contributed by atoms with Gasteiger partial charge in [-0.3, -0.25) is 4.99 Å². The van der Waals surface area contributed by atoms with Crippen molar-refractivity contribution in [3.05, 3.63) is 193 Å². The molecule has 0 saturated carbocycles. The molecule has 0 saturated heterocycles. The van der Waals surface area contributed by atoms with Gasteiger partial charge in [-0.1, -0.05) is 152 Å². The average molecular weight is 668 g/mol. The average Bonchev–Trinajstić information content (AvgIpc) is 3.61. The number of fused-ring (bicyclic) bond motifs is 5. The number of rotatable bonds is 6. The van der Waals surface area contributed by atoms with Crippen LogP contribution in [0.4, 0.5) is 0 Å². The number of hydrogen-bond donors (Lipinski definition) is 0. The summed E-state index contributed by atoms with van der Waals surface area (Å²) in [5.74, 6) is 1.07. The molecule has 0 spiro atoms. The van der Waals surface area contributed by atoms with E-state index in [9.17, 15) is 0 Å². The van der Waals surface area contributed by atoms with Gasteiger partial charge in [-0.15, -0.1) is 0 Å². The van der Waals surface area contributed by atoms with Crippen LogP contribution in [-0.4, -0.2) is 18.4 Å². The van der Waals surface area contributed by atoms with Crippen LogP contribution in [0.2, 0.25) is 0 Å². The molecule has 0 aliphatic carbocycles. The van der Waals surface area contributed by atoms with E-state index in [1.807, 2.05) is 48.5 Å². The number of amidine groups is 2. The first-order chi connectivity index (χ1) is 25.7. The van der Waals surface area contributed by atoms with E-state index in [0.717, 1.165) is 60.5 Å². The molecule has 0 amide bonds. The lowest BCUT2D eigenvalue weighted by molar-refractivity contribution is 0.670. The molecular weight excluding hydrogens is 635 g/mol. The third-order valence-corrected chi connectivity index (χ3v) is 9.69. The highest BCUT2D eigenvalue weighted by Crippen LogP contribution is 2.39. The molecule has 52 heavy (non-hydrogen) atoms. The van der Waals surface area contributed by atoms with Crippen LogP contribution in [0.15, 0.2) is 195 Å². The lowest BCUT2D eigenvalue weighted by Gasteiger charge is -2.11. The first-order valence-electron chi connectivity index (χ1n) is 17.4. The van der Waals surface area contributed by atoms with Crippen molar-refractivity contribution in [1.29, 1.82) is 0 Å². The quantitative estimate of drug-likeness (QED) is 0.129. The summed E-state index contributed by atoms with van der Waals surface area (Å²) in [6, 6.07) is 60.9. The molecule has 4 heteroatoms. The SMILES string of the molecule is C=NC(=NC(=NCc1ccccc1)c1ccc2ccccc2c1)c1ccc(-c2ccc(-c3cccc4ccccc34)cc2)c2oc3ccccc3c12. The summed E-state index contributed by atoms with van der Waals surface area (Å²) in [7, 11) is 0. The Balaban J connectivity index is 1.18. The van der Waals surface area contributed by atoms with Gasteiger partial charge in [0.15, 0.2) is 11.7 Å². The van der Waals surface area contributed by atoms with Gasteiger partial charge in [-0.2, -0.15) is 0 Å². The Morgan fingerprint density at radius 3 is 2.00 bits per heavy atom. The lowest BCUT2D eigenvalue weighted by atomic mass is 9.94. The number of benzene rings is 8. The normalized spacial score (nSPS) is 12.2. The van der Waals surface area contributed by atoms with Crippen LogP contribution in [0, 0.1) is 0 Å². The third kappa shape index (κ3) is 5.76. The number of hydrogen-bond acceptors (Lipinski definition) is 2. The van der Waals surface area contributed by atoms with Crippen molar-refractivity contribution in [2.45, 2.75) is 6.54 Å². The predicted molar refractivity (Wildman–Crippen MR) is 219 cm³/mol. The molecular formula is C48H33N3O. The number of para-hydroxylation sites is 1. The number of furan rings is 1. The van der Waals surface area contributed by atoms with Crippen LogP contribution in [0.3, 0.4) is 0 Å². The molecule has 0 bridgehead atoms. The minimum absolute atomic E-state index is 0.481. The topological polar surface area (TPSA) is 50.2 Å². The monoisotopic (exact) mass is 667 g/mol. The summed E-state index contributed by atoms with van der Waals surface area (Å²) in [6.45, 7) is 4.48. The van der Waals surface area contributed by atoms with Crippen LogP contribution < -0.4 is 0 Å². The molecule has 0 unspecified atom stereocenters. The first-order valence-corrected chi connectivity index (χ1v) is 17.4. The summed E-state index contributed by atoms with van der Waals surface area (Å²) < 4.78 is 6.64. The Bertz CT molecular complexity index is 2820. The fourth-order valence-corrected chi connectivity index (χ4v) is 7.10. The zero-order valence-corrected chi connectivity index (χ0v) is 28.4. The van der Waals surface area contributed by atoms with Crippen LogP contribution in [0.1, 0.15) is 16.7 Å². The highest BCUT2D eigenvalue weighted by Gasteiger charge is 2.20. The maximum Gasteiger partial charge on any atom is 0.161 e. The van der Waals surface area contributed by atoms with Crippen molar-refractivity contribution < 1.29 is 4.42 Å². The van der Waals surface area contributed by atoms with Crippen molar-refractivity contribution in [3.8, 4) is 22.3 Å². The van der Waals surface area contributed by atoms with E-state index in [1.165, 1.54) is 21.9 Å². The maximum atomic E-state index is 6.64. The van der Waals surface area contributed by atoms with Gasteiger partial charge in [0.1, 0.15) is 11.2 Å². The van der Waals surface area contributed by atoms with Crippen LogP contribution >= 0.6 is 0 Å². The fourth-order valence-electron chi connectivity index (χ4n) is 7.10. The Morgan fingerprint density at radius 2 is 1.19 bits per heavy atom. The van der Waals surface area contributed by atoms with E-state index < -0.39 is 0 Å². The van der Waals surface area contributed by atoms with Gasteiger partial charge in [0.25, 0.3) is 0 Å². The van der Waals surface area contributed by atoms with Crippen molar-refractivity contribution in [2.24, 2.45) is 15.0 Å². The minimum Gasteiger partial charge on any atom is -0.455 e. The molecule has 246 valence electrons. The predicted octanol–water partition coefficient (Wildman–Crippen LogP) is 12.3. The summed E-state index contributed by atoms with van der Waals surface area (Å²) in [6.07, 6.45) is 0. The van der Waals surface area contributed by atoms with E-state index in [4.69, 9.17) is 14.4 Å². The molecule has 1 aromatic heterocycles. The molecule has 0 fully saturated rings. The Labute approximate surface area is 301 Å². The van der Waals surface area contributed by atoms with E-state index in [1.54, 1.807) is 0 Å². The van der Waals surface area contributed by atoms with Gasteiger partial charge < -0.3 is 4.42 Å². The van der Waals surface area contributed by atoms with E-state index >= 15 is 0 Å². The molecule has 0 N–H and O–H groups in total. The summed E-state index contributed by atoms with van der Waals surface area (Å²) in [5.41, 5.74) is 8.86. The molecule has 0 radical (unpaired) electrons. The number of nitrogens with zero attached hydrogens (tertiary/aromatic N) is 3. The molecule has 0 aliphatic rings. The van der Waals surface area contributed by atoms with Crippen molar-refractivity contribution >= 4 is 61.9 Å². The smallest absolute Gasteiger partial charge is 0.161 e. The third-order valence-electron chi connectivity index (χ3n) is 9.69. The Hall–Kier alpha value is -6.91. The zero-order chi connectivity index (χ0) is 34.9. The van der Waals surface area contributed by atoms with Gasteiger partial charge >= 0.3 is 0 Å². The van der Waals surface area contributed by atoms with Crippen molar-refractivity contribution in [3.63, 3.8) is 0 Å².